The summed E-state index contributed by atoms with van der Waals surface area (Å²) in [5, 5.41) is 20.5. The van der Waals surface area contributed by atoms with Gasteiger partial charge in [-0.15, -0.1) is 15.0 Å². The number of amides is 1. The van der Waals surface area contributed by atoms with Crippen LogP contribution >= 0.6 is 0 Å². The Bertz CT molecular complexity index is 1560. The molecule has 1 amide bonds. The van der Waals surface area contributed by atoms with Crippen molar-refractivity contribution < 1.29 is 19.1 Å². The Labute approximate surface area is 250 Å². The molecule has 43 heavy (non-hydrogen) atoms. The Morgan fingerprint density at radius 3 is 2.67 bits per heavy atom. The van der Waals surface area contributed by atoms with E-state index in [4.69, 9.17) is 9.47 Å². The molecule has 4 heterocycles. The average molecular weight is 588 g/mol. The van der Waals surface area contributed by atoms with Gasteiger partial charge in [0.25, 0.3) is 5.91 Å². The van der Waals surface area contributed by atoms with Gasteiger partial charge in [0.15, 0.2) is 0 Å². The number of benzene rings is 1. The van der Waals surface area contributed by atoms with Crippen molar-refractivity contribution in [1.29, 1.82) is 0 Å². The summed E-state index contributed by atoms with van der Waals surface area (Å²) in [4.78, 5) is 33.2. The second kappa shape index (κ2) is 13.0. The highest BCUT2D eigenvalue weighted by Gasteiger charge is 2.27. The van der Waals surface area contributed by atoms with E-state index in [0.717, 1.165) is 48.4 Å². The van der Waals surface area contributed by atoms with Gasteiger partial charge in [-0.2, -0.15) is 5.10 Å². The topological polar surface area (TPSA) is 142 Å². The number of carbonyl (C=O) groups excluding carboxylic acids is 2. The van der Waals surface area contributed by atoms with Gasteiger partial charge in [-0.1, -0.05) is 32.0 Å². The lowest BCUT2D eigenvalue weighted by Crippen LogP contribution is -2.48. The third kappa shape index (κ3) is 6.65. The van der Waals surface area contributed by atoms with Crippen molar-refractivity contribution in [3.63, 3.8) is 0 Å². The van der Waals surface area contributed by atoms with Crippen molar-refractivity contribution in [1.82, 2.24) is 40.3 Å². The van der Waals surface area contributed by atoms with Crippen molar-refractivity contribution in [2.24, 2.45) is 13.0 Å². The maximum Gasteiger partial charge on any atom is 0.510 e. The number of ether oxygens (including phenoxy) is 2. The van der Waals surface area contributed by atoms with Crippen LogP contribution in [0.15, 0.2) is 48.8 Å². The van der Waals surface area contributed by atoms with E-state index in [1.165, 1.54) is 4.80 Å². The van der Waals surface area contributed by atoms with Crippen LogP contribution in [-0.4, -0.2) is 72.8 Å². The molecule has 2 atom stereocenters. The van der Waals surface area contributed by atoms with Crippen LogP contribution in [0, 0.1) is 12.8 Å². The first-order valence-electron chi connectivity index (χ1n) is 14.5. The van der Waals surface area contributed by atoms with Crippen LogP contribution in [0.3, 0.4) is 0 Å². The summed E-state index contributed by atoms with van der Waals surface area (Å²) in [7, 11) is 1.79. The molecular weight excluding hydrogens is 550 g/mol. The zero-order valence-corrected chi connectivity index (χ0v) is 25.1. The number of piperidine rings is 1. The number of tetrazole rings is 1. The fourth-order valence-electron chi connectivity index (χ4n) is 5.21. The molecule has 13 heteroatoms. The minimum Gasteiger partial charge on any atom is -0.435 e. The van der Waals surface area contributed by atoms with Gasteiger partial charge < -0.3 is 19.7 Å². The summed E-state index contributed by atoms with van der Waals surface area (Å²) in [6, 6.07) is 11.4. The number of rotatable bonds is 9. The number of anilines is 1. The molecule has 4 aromatic rings. The molecule has 0 radical (unpaired) electrons. The van der Waals surface area contributed by atoms with Crippen molar-refractivity contribution >= 4 is 17.9 Å². The first-order chi connectivity index (χ1) is 20.7. The number of hydrogen-bond donors (Lipinski definition) is 1. The first-order valence-corrected chi connectivity index (χ1v) is 14.5. The predicted molar refractivity (Wildman–Crippen MR) is 159 cm³/mol. The fourth-order valence-corrected chi connectivity index (χ4v) is 5.21. The zero-order valence-electron chi connectivity index (χ0n) is 25.1. The van der Waals surface area contributed by atoms with Gasteiger partial charge in [-0.05, 0) is 61.2 Å². The molecule has 1 unspecified atom stereocenters. The molecule has 1 aliphatic heterocycles. The predicted octanol–water partition coefficient (Wildman–Crippen LogP) is 4.17. The molecule has 1 aromatic carbocycles. The van der Waals surface area contributed by atoms with E-state index in [1.54, 1.807) is 43.2 Å². The van der Waals surface area contributed by atoms with Crippen LogP contribution in [0.4, 0.5) is 10.6 Å². The van der Waals surface area contributed by atoms with E-state index in [1.807, 2.05) is 32.0 Å². The second-order valence-electron chi connectivity index (χ2n) is 10.9. The molecule has 226 valence electrons. The lowest BCUT2D eigenvalue weighted by atomic mass is 10.0. The number of aromatic nitrogens is 7. The lowest BCUT2D eigenvalue weighted by Gasteiger charge is -2.34. The van der Waals surface area contributed by atoms with E-state index in [0.29, 0.717) is 17.1 Å². The summed E-state index contributed by atoms with van der Waals surface area (Å²) in [5.41, 5.74) is 3.94. The van der Waals surface area contributed by atoms with Gasteiger partial charge in [0.1, 0.15) is 11.5 Å². The van der Waals surface area contributed by atoms with E-state index in [9.17, 15) is 9.59 Å². The molecule has 0 spiro atoms. The Balaban J connectivity index is 1.29. The van der Waals surface area contributed by atoms with Crippen molar-refractivity contribution in [2.75, 3.05) is 24.6 Å². The smallest absolute Gasteiger partial charge is 0.435 e. The Hall–Kier alpha value is -4.81. The van der Waals surface area contributed by atoms with Crippen LogP contribution in [0.5, 0.6) is 0 Å². The maximum atomic E-state index is 13.2. The van der Waals surface area contributed by atoms with E-state index in [-0.39, 0.29) is 24.5 Å². The van der Waals surface area contributed by atoms with Crippen molar-refractivity contribution in [3.05, 3.63) is 59.9 Å². The Morgan fingerprint density at radius 2 is 1.95 bits per heavy atom. The van der Waals surface area contributed by atoms with Crippen LogP contribution in [-0.2, 0) is 16.5 Å². The van der Waals surface area contributed by atoms with Crippen molar-refractivity contribution in [3.8, 4) is 22.6 Å². The Morgan fingerprint density at radius 1 is 1.16 bits per heavy atom. The van der Waals surface area contributed by atoms with Gasteiger partial charge in [-0.3, -0.25) is 9.48 Å². The molecule has 5 rings (SSSR count). The first kappa shape index (κ1) is 29.7. The molecular formula is C30H37N9O4. The number of nitrogens with zero attached hydrogens (tertiary/aromatic N) is 8. The van der Waals surface area contributed by atoms with E-state index < -0.39 is 12.4 Å². The van der Waals surface area contributed by atoms with Crippen LogP contribution in [0.2, 0.25) is 0 Å². The van der Waals surface area contributed by atoms with Crippen LogP contribution in [0.25, 0.3) is 22.6 Å². The molecule has 1 aliphatic rings. The molecule has 13 nitrogen and oxygen atoms in total. The van der Waals surface area contributed by atoms with Gasteiger partial charge in [-0.25, -0.2) is 9.78 Å². The normalized spacial score (nSPS) is 15.8. The Kier molecular flexibility index (Phi) is 8.98. The molecule has 3 aromatic heterocycles. The molecule has 1 fully saturated rings. The number of hydrogen-bond acceptors (Lipinski definition) is 10. The molecule has 0 bridgehead atoms. The van der Waals surface area contributed by atoms with Gasteiger partial charge in [0.2, 0.25) is 12.1 Å². The average Bonchev–Trinajstić information content (AvgIpc) is 3.63. The third-order valence-electron chi connectivity index (χ3n) is 7.35. The molecule has 0 saturated carbocycles. The molecule has 1 saturated heterocycles. The number of carbonyl (C=O) groups is 2. The van der Waals surface area contributed by atoms with Gasteiger partial charge >= 0.3 is 6.16 Å². The summed E-state index contributed by atoms with van der Waals surface area (Å²) < 4.78 is 12.0. The molecule has 1 N–H and O–H groups in total. The largest absolute Gasteiger partial charge is 0.510 e. The maximum absolute atomic E-state index is 13.2. The van der Waals surface area contributed by atoms with E-state index in [2.05, 4.69) is 48.7 Å². The minimum atomic E-state index is -0.797. The SMILES string of the molecule is CCOC(=O)OC(C(C)C)n1nnc(-c2c(-c3ccc(C(=O)N[C@@H]4CCCN(c5ncccc5C)C4)cc3)cnn2C)n1. The van der Waals surface area contributed by atoms with Crippen LogP contribution in [0.1, 0.15) is 55.8 Å². The number of aryl methyl sites for hydroxylation is 2. The van der Waals surface area contributed by atoms with Gasteiger partial charge in [0, 0.05) is 49.4 Å². The second-order valence-corrected chi connectivity index (χ2v) is 10.9. The zero-order chi connectivity index (χ0) is 30.5. The monoisotopic (exact) mass is 587 g/mol. The van der Waals surface area contributed by atoms with Crippen LogP contribution < -0.4 is 10.2 Å². The third-order valence-corrected chi connectivity index (χ3v) is 7.35. The summed E-state index contributed by atoms with van der Waals surface area (Å²) >= 11 is 0. The number of pyridine rings is 1. The minimum absolute atomic E-state index is 0.0309. The highest BCUT2D eigenvalue weighted by atomic mass is 16.7. The summed E-state index contributed by atoms with van der Waals surface area (Å²) in [6.45, 7) is 9.36. The molecule has 0 aliphatic carbocycles. The highest BCUT2D eigenvalue weighted by Crippen LogP contribution is 2.30. The fraction of sp³-hybridized carbons (Fsp3) is 0.433. The number of nitrogens with one attached hydrogen (secondary N) is 1. The van der Waals surface area contributed by atoms with Crippen molar-refractivity contribution in [2.45, 2.75) is 52.8 Å². The quantitative estimate of drug-likeness (QED) is 0.284. The standard InChI is InChI=1S/C30H37N9O4/c1-6-42-30(41)43-29(19(2)3)39-35-26(34-36-39)25-24(17-32-37(25)5)21-11-13-22(14-12-21)28(40)33-23-10-8-16-38(18-23)27-20(4)9-7-15-31-27/h7,9,11-15,17,19,23,29H,6,8,10,16,18H2,1-5H3,(H,33,40)/t23-,29?/m1/s1. The van der Waals surface area contributed by atoms with E-state index >= 15 is 0 Å². The summed E-state index contributed by atoms with van der Waals surface area (Å²) in [5.74, 6) is 1.04. The summed E-state index contributed by atoms with van der Waals surface area (Å²) in [6.07, 6.45) is 3.84. The lowest BCUT2D eigenvalue weighted by molar-refractivity contribution is -0.0366. The van der Waals surface area contributed by atoms with Gasteiger partial charge in [0.05, 0.1) is 12.8 Å². The highest BCUT2D eigenvalue weighted by molar-refractivity contribution is 5.95.